The van der Waals surface area contributed by atoms with Crippen LogP contribution < -0.4 is 5.32 Å². The SMILES string of the molecule is FC(F)(F)c1ccc(C2=NO[C@@H]3CNC[C@H]23)cn1.O=C(O)C(F)(F)F. The topological polar surface area (TPSA) is 83.8 Å². The molecule has 0 spiro atoms. The first-order valence-electron chi connectivity index (χ1n) is 6.78. The Morgan fingerprint density at radius 1 is 1.20 bits per heavy atom. The zero-order valence-corrected chi connectivity index (χ0v) is 12.2. The summed E-state index contributed by atoms with van der Waals surface area (Å²) in [6.07, 6.45) is -8.31. The lowest BCUT2D eigenvalue weighted by molar-refractivity contribution is -0.192. The van der Waals surface area contributed by atoms with Gasteiger partial charge in [-0.15, -0.1) is 0 Å². The summed E-state index contributed by atoms with van der Waals surface area (Å²) in [4.78, 5) is 17.5. The van der Waals surface area contributed by atoms with Gasteiger partial charge in [0.1, 0.15) is 11.8 Å². The highest BCUT2D eigenvalue weighted by molar-refractivity contribution is 6.03. The van der Waals surface area contributed by atoms with Crippen LogP contribution in [0.15, 0.2) is 23.5 Å². The Labute approximate surface area is 136 Å². The number of carbonyl (C=O) groups is 1. The second-order valence-electron chi connectivity index (χ2n) is 5.12. The van der Waals surface area contributed by atoms with Crippen LogP contribution in [0.4, 0.5) is 26.3 Å². The van der Waals surface area contributed by atoms with E-state index >= 15 is 0 Å². The number of aliphatic carboxylic acids is 1. The minimum absolute atomic E-state index is 0.0118. The summed E-state index contributed by atoms with van der Waals surface area (Å²) < 4.78 is 68.9. The fraction of sp³-hybridized carbons (Fsp3) is 0.462. The first kappa shape index (κ1) is 19.0. The molecule has 3 heterocycles. The molecule has 0 amide bonds. The van der Waals surface area contributed by atoms with Gasteiger partial charge in [-0.25, -0.2) is 4.79 Å². The number of carboxylic acid groups (broad SMARTS) is 1. The summed E-state index contributed by atoms with van der Waals surface area (Å²) in [6.45, 7) is 1.44. The summed E-state index contributed by atoms with van der Waals surface area (Å²) in [6, 6.07) is 2.35. The maximum absolute atomic E-state index is 12.4. The minimum Gasteiger partial charge on any atom is -0.475 e. The van der Waals surface area contributed by atoms with Gasteiger partial charge < -0.3 is 15.3 Å². The maximum atomic E-state index is 12.4. The van der Waals surface area contributed by atoms with E-state index in [2.05, 4.69) is 15.5 Å². The van der Waals surface area contributed by atoms with E-state index in [-0.39, 0.29) is 12.0 Å². The molecule has 1 aromatic rings. The van der Waals surface area contributed by atoms with Gasteiger partial charge in [-0.1, -0.05) is 5.16 Å². The number of halogens is 6. The number of alkyl halides is 6. The molecule has 0 saturated carbocycles. The van der Waals surface area contributed by atoms with Crippen molar-refractivity contribution in [3.8, 4) is 0 Å². The lowest BCUT2D eigenvalue weighted by Gasteiger charge is -2.09. The molecule has 0 radical (unpaired) electrons. The van der Waals surface area contributed by atoms with E-state index in [1.165, 1.54) is 12.3 Å². The Hall–Kier alpha value is -2.37. The van der Waals surface area contributed by atoms with Crippen molar-refractivity contribution >= 4 is 11.7 Å². The second kappa shape index (κ2) is 6.86. The van der Waals surface area contributed by atoms with E-state index in [0.717, 1.165) is 12.6 Å². The number of carboxylic acids is 1. The predicted octanol–water partition coefficient (Wildman–Crippen LogP) is 2.06. The molecule has 2 aliphatic rings. The zero-order valence-electron chi connectivity index (χ0n) is 12.2. The van der Waals surface area contributed by atoms with Crippen LogP contribution in [-0.4, -0.2) is 47.1 Å². The third-order valence-electron chi connectivity index (χ3n) is 3.39. The standard InChI is InChI=1S/C11H10F3N3O.C2HF3O2/c12-11(13,14)9-2-1-6(3-16-9)10-7-4-15-5-8(7)18-17-10;3-2(4,5)1(6)7/h1-3,7-8,15H,4-5H2;(H,6,7)/t7-,8+;/m0./s1. The molecular weight excluding hydrogens is 360 g/mol. The van der Waals surface area contributed by atoms with Crippen LogP contribution in [0, 0.1) is 5.92 Å². The van der Waals surface area contributed by atoms with Crippen molar-refractivity contribution in [2.75, 3.05) is 13.1 Å². The summed E-state index contributed by atoms with van der Waals surface area (Å²) in [5.74, 6) is -2.66. The van der Waals surface area contributed by atoms with E-state index in [1.807, 2.05) is 0 Å². The lowest BCUT2D eigenvalue weighted by Crippen LogP contribution is -2.22. The van der Waals surface area contributed by atoms with Gasteiger partial charge in [0, 0.05) is 24.8 Å². The first-order chi connectivity index (χ1) is 11.5. The van der Waals surface area contributed by atoms with Crippen molar-refractivity contribution in [3.63, 3.8) is 0 Å². The van der Waals surface area contributed by atoms with Crippen LogP contribution in [0.3, 0.4) is 0 Å². The largest absolute Gasteiger partial charge is 0.490 e. The smallest absolute Gasteiger partial charge is 0.475 e. The number of aromatic nitrogens is 1. The average Bonchev–Trinajstić information content (AvgIpc) is 3.09. The zero-order chi connectivity index (χ0) is 18.8. The number of hydrogen-bond donors (Lipinski definition) is 2. The van der Waals surface area contributed by atoms with Gasteiger partial charge in [0.15, 0.2) is 0 Å². The third kappa shape index (κ3) is 4.59. The highest BCUT2D eigenvalue weighted by Crippen LogP contribution is 2.29. The molecule has 2 atom stereocenters. The highest BCUT2D eigenvalue weighted by atomic mass is 19.4. The maximum Gasteiger partial charge on any atom is 0.490 e. The summed E-state index contributed by atoms with van der Waals surface area (Å²) in [5, 5.41) is 14.2. The summed E-state index contributed by atoms with van der Waals surface area (Å²) in [5.41, 5.74) is 0.359. The molecule has 0 aliphatic carbocycles. The van der Waals surface area contributed by atoms with E-state index in [9.17, 15) is 26.3 Å². The monoisotopic (exact) mass is 371 g/mol. The predicted molar refractivity (Wildman–Crippen MR) is 70.7 cm³/mol. The van der Waals surface area contributed by atoms with Crippen LogP contribution in [0.1, 0.15) is 11.3 Å². The molecule has 1 saturated heterocycles. The van der Waals surface area contributed by atoms with Crippen molar-refractivity contribution < 1.29 is 41.1 Å². The van der Waals surface area contributed by atoms with E-state index in [0.29, 0.717) is 17.8 Å². The van der Waals surface area contributed by atoms with E-state index < -0.39 is 24.0 Å². The van der Waals surface area contributed by atoms with Crippen LogP contribution in [0.2, 0.25) is 0 Å². The van der Waals surface area contributed by atoms with E-state index in [1.54, 1.807) is 0 Å². The van der Waals surface area contributed by atoms with Gasteiger partial charge in [0.2, 0.25) is 0 Å². The van der Waals surface area contributed by atoms with Gasteiger partial charge >= 0.3 is 18.3 Å². The fourth-order valence-electron chi connectivity index (χ4n) is 2.21. The summed E-state index contributed by atoms with van der Waals surface area (Å²) in [7, 11) is 0. The number of hydrogen-bond acceptors (Lipinski definition) is 5. The molecule has 0 bridgehead atoms. The molecule has 25 heavy (non-hydrogen) atoms. The van der Waals surface area contributed by atoms with Crippen LogP contribution in [0.5, 0.6) is 0 Å². The molecule has 12 heteroatoms. The van der Waals surface area contributed by atoms with Crippen molar-refractivity contribution in [1.29, 1.82) is 0 Å². The Balaban J connectivity index is 0.000000277. The number of nitrogens with zero attached hydrogens (tertiary/aromatic N) is 2. The van der Waals surface area contributed by atoms with Crippen molar-refractivity contribution in [1.82, 2.24) is 10.3 Å². The molecule has 138 valence electrons. The molecular formula is C13H11F6N3O3. The third-order valence-corrected chi connectivity index (χ3v) is 3.39. The van der Waals surface area contributed by atoms with Gasteiger partial charge in [-0.3, -0.25) is 4.98 Å². The second-order valence-corrected chi connectivity index (χ2v) is 5.12. The van der Waals surface area contributed by atoms with Crippen LogP contribution in [0.25, 0.3) is 0 Å². The molecule has 6 nitrogen and oxygen atoms in total. The van der Waals surface area contributed by atoms with Gasteiger partial charge in [-0.05, 0) is 12.1 Å². The Bertz CT molecular complexity index is 656. The Kier molecular flexibility index (Phi) is 5.20. The van der Waals surface area contributed by atoms with Crippen molar-refractivity contribution in [2.45, 2.75) is 18.5 Å². The normalized spacial score (nSPS) is 22.4. The quantitative estimate of drug-likeness (QED) is 0.739. The van der Waals surface area contributed by atoms with Crippen molar-refractivity contribution in [3.05, 3.63) is 29.6 Å². The number of oxime groups is 1. The van der Waals surface area contributed by atoms with Crippen LogP contribution >= 0.6 is 0 Å². The fourth-order valence-corrected chi connectivity index (χ4v) is 2.21. The number of pyridine rings is 1. The van der Waals surface area contributed by atoms with Gasteiger partial charge in [-0.2, -0.15) is 26.3 Å². The minimum atomic E-state index is -5.08. The molecule has 0 unspecified atom stereocenters. The lowest BCUT2D eigenvalue weighted by atomic mass is 9.96. The van der Waals surface area contributed by atoms with Gasteiger partial charge in [0.05, 0.1) is 11.6 Å². The molecule has 0 aromatic carbocycles. The van der Waals surface area contributed by atoms with E-state index in [4.69, 9.17) is 14.7 Å². The number of nitrogens with one attached hydrogen (secondary N) is 1. The summed E-state index contributed by atoms with van der Waals surface area (Å²) >= 11 is 0. The first-order valence-corrected chi connectivity index (χ1v) is 6.78. The molecule has 1 aromatic heterocycles. The molecule has 3 rings (SSSR count). The Morgan fingerprint density at radius 3 is 2.32 bits per heavy atom. The van der Waals surface area contributed by atoms with Gasteiger partial charge in [0.25, 0.3) is 0 Å². The molecule has 2 N–H and O–H groups in total. The van der Waals surface area contributed by atoms with Crippen molar-refractivity contribution in [2.24, 2.45) is 11.1 Å². The Morgan fingerprint density at radius 2 is 1.84 bits per heavy atom. The molecule has 2 aliphatic heterocycles. The van der Waals surface area contributed by atoms with Crippen LogP contribution in [-0.2, 0) is 15.8 Å². The number of rotatable bonds is 1. The molecule has 1 fully saturated rings. The number of fused-ring (bicyclic) bond motifs is 1. The average molecular weight is 371 g/mol. The highest BCUT2D eigenvalue weighted by Gasteiger charge is 2.39.